The highest BCUT2D eigenvalue weighted by atomic mass is 16.7. The zero-order valence-electron chi connectivity index (χ0n) is 14.3. The van der Waals surface area contributed by atoms with E-state index in [2.05, 4.69) is 0 Å². The van der Waals surface area contributed by atoms with Gasteiger partial charge in [-0.3, -0.25) is 4.79 Å². The van der Waals surface area contributed by atoms with E-state index < -0.39 is 7.12 Å². The van der Waals surface area contributed by atoms with Crippen LogP contribution in [0.1, 0.15) is 45.6 Å². The summed E-state index contributed by atoms with van der Waals surface area (Å²) < 4.78 is 22.6. The molecule has 0 saturated carbocycles. The SMILES string of the molecule is COC(=O)CC1COc2cc(B3OC(C)(C)C(C)(C)O3)ccc21. The van der Waals surface area contributed by atoms with E-state index in [1.807, 2.05) is 45.9 Å². The van der Waals surface area contributed by atoms with Crippen molar-refractivity contribution in [1.29, 1.82) is 0 Å². The molecule has 1 saturated heterocycles. The van der Waals surface area contributed by atoms with Crippen molar-refractivity contribution in [2.45, 2.75) is 51.2 Å². The summed E-state index contributed by atoms with van der Waals surface area (Å²) >= 11 is 0. The largest absolute Gasteiger partial charge is 0.494 e. The lowest BCUT2D eigenvalue weighted by atomic mass is 9.78. The molecule has 0 spiro atoms. The van der Waals surface area contributed by atoms with Gasteiger partial charge in [0, 0.05) is 11.5 Å². The fourth-order valence-electron chi connectivity index (χ4n) is 2.87. The minimum Gasteiger partial charge on any atom is -0.493 e. The van der Waals surface area contributed by atoms with E-state index in [-0.39, 0.29) is 23.1 Å². The van der Waals surface area contributed by atoms with Crippen molar-refractivity contribution in [3.8, 4) is 5.75 Å². The van der Waals surface area contributed by atoms with E-state index in [0.29, 0.717) is 13.0 Å². The van der Waals surface area contributed by atoms with Gasteiger partial charge >= 0.3 is 13.1 Å². The van der Waals surface area contributed by atoms with Gasteiger partial charge in [0.1, 0.15) is 5.75 Å². The Morgan fingerprint density at radius 3 is 2.52 bits per heavy atom. The van der Waals surface area contributed by atoms with Crippen LogP contribution in [0.25, 0.3) is 0 Å². The minimum atomic E-state index is -0.409. The van der Waals surface area contributed by atoms with Crippen molar-refractivity contribution in [3.05, 3.63) is 23.8 Å². The van der Waals surface area contributed by atoms with Gasteiger partial charge in [0.2, 0.25) is 0 Å². The van der Waals surface area contributed by atoms with Gasteiger partial charge in [0.15, 0.2) is 0 Å². The van der Waals surface area contributed by atoms with Gasteiger partial charge in [-0.05, 0) is 39.2 Å². The lowest BCUT2D eigenvalue weighted by Crippen LogP contribution is -2.41. The first-order chi connectivity index (χ1) is 10.7. The number of carbonyl (C=O) groups is 1. The number of rotatable bonds is 3. The van der Waals surface area contributed by atoms with Crippen LogP contribution in [0.4, 0.5) is 0 Å². The van der Waals surface area contributed by atoms with Gasteiger partial charge in [0.25, 0.3) is 0 Å². The molecule has 1 aromatic rings. The number of benzene rings is 1. The van der Waals surface area contributed by atoms with Crippen molar-refractivity contribution < 1.29 is 23.6 Å². The molecule has 5 nitrogen and oxygen atoms in total. The summed E-state index contributed by atoms with van der Waals surface area (Å²) in [7, 11) is 0.994. The Bertz CT molecular complexity index is 609. The summed E-state index contributed by atoms with van der Waals surface area (Å²) in [6.45, 7) is 8.62. The third kappa shape index (κ3) is 2.86. The molecular weight excluding hydrogens is 295 g/mol. The number of esters is 1. The molecule has 1 aromatic carbocycles. The lowest BCUT2D eigenvalue weighted by Gasteiger charge is -2.32. The molecular formula is C17H23BO5. The molecule has 1 fully saturated rings. The van der Waals surface area contributed by atoms with Crippen LogP contribution in [-0.2, 0) is 18.8 Å². The maximum atomic E-state index is 11.5. The normalized spacial score (nSPS) is 24.2. The van der Waals surface area contributed by atoms with Crippen LogP contribution >= 0.6 is 0 Å². The molecule has 124 valence electrons. The Morgan fingerprint density at radius 2 is 1.91 bits per heavy atom. The van der Waals surface area contributed by atoms with Gasteiger partial charge < -0.3 is 18.8 Å². The first-order valence-electron chi connectivity index (χ1n) is 7.92. The van der Waals surface area contributed by atoms with Crippen LogP contribution in [0.2, 0.25) is 0 Å². The highest BCUT2D eigenvalue weighted by Crippen LogP contribution is 2.38. The van der Waals surface area contributed by atoms with Crippen molar-refractivity contribution in [2.24, 2.45) is 0 Å². The number of carbonyl (C=O) groups excluding carboxylic acids is 1. The van der Waals surface area contributed by atoms with Gasteiger partial charge in [-0.1, -0.05) is 12.1 Å². The molecule has 2 aliphatic rings. The molecule has 0 aromatic heterocycles. The van der Waals surface area contributed by atoms with Gasteiger partial charge in [-0.25, -0.2) is 0 Å². The Hall–Kier alpha value is -1.53. The van der Waals surface area contributed by atoms with Gasteiger partial charge in [0.05, 0.1) is 31.3 Å². The zero-order valence-corrected chi connectivity index (χ0v) is 14.3. The molecule has 0 amide bonds. The maximum absolute atomic E-state index is 11.5. The monoisotopic (exact) mass is 318 g/mol. The Balaban J connectivity index is 1.80. The smallest absolute Gasteiger partial charge is 0.493 e. The summed E-state index contributed by atoms with van der Waals surface area (Å²) in [4.78, 5) is 11.5. The molecule has 6 heteroatoms. The fourth-order valence-corrected chi connectivity index (χ4v) is 2.87. The second kappa shape index (κ2) is 5.53. The summed E-state index contributed by atoms with van der Waals surface area (Å²) in [5.41, 5.74) is 1.23. The van der Waals surface area contributed by atoms with Crippen LogP contribution in [0.15, 0.2) is 18.2 Å². The zero-order chi connectivity index (χ0) is 16.8. The molecule has 1 unspecified atom stereocenters. The average Bonchev–Trinajstić information content (AvgIpc) is 2.97. The topological polar surface area (TPSA) is 54.0 Å². The molecule has 2 aliphatic heterocycles. The van der Waals surface area contributed by atoms with Crippen LogP contribution in [0.3, 0.4) is 0 Å². The quantitative estimate of drug-likeness (QED) is 0.630. The Kier molecular flexibility index (Phi) is 3.93. The van der Waals surface area contributed by atoms with Crippen molar-refractivity contribution >= 4 is 18.6 Å². The van der Waals surface area contributed by atoms with E-state index in [9.17, 15) is 4.79 Å². The molecule has 0 radical (unpaired) electrons. The number of ether oxygens (including phenoxy) is 2. The third-order valence-electron chi connectivity index (χ3n) is 5.08. The predicted octanol–water partition coefficient (Wildman–Crippen LogP) is 2.02. The van der Waals surface area contributed by atoms with Crippen molar-refractivity contribution in [3.63, 3.8) is 0 Å². The molecule has 1 atom stereocenters. The van der Waals surface area contributed by atoms with E-state index in [0.717, 1.165) is 16.8 Å². The highest BCUT2D eigenvalue weighted by Gasteiger charge is 2.51. The molecule has 0 N–H and O–H groups in total. The second-order valence-corrected chi connectivity index (χ2v) is 7.17. The number of hydrogen-bond donors (Lipinski definition) is 0. The van der Waals surface area contributed by atoms with E-state index in [1.165, 1.54) is 7.11 Å². The van der Waals surface area contributed by atoms with Crippen molar-refractivity contribution in [2.75, 3.05) is 13.7 Å². The number of fused-ring (bicyclic) bond motifs is 1. The Morgan fingerprint density at radius 1 is 1.26 bits per heavy atom. The first kappa shape index (κ1) is 16.3. The number of methoxy groups -OCH3 is 1. The minimum absolute atomic E-state index is 0.0461. The van der Waals surface area contributed by atoms with Crippen LogP contribution in [-0.4, -0.2) is 38.0 Å². The molecule has 23 heavy (non-hydrogen) atoms. The second-order valence-electron chi connectivity index (χ2n) is 7.17. The fraction of sp³-hybridized carbons (Fsp3) is 0.588. The summed E-state index contributed by atoms with van der Waals surface area (Å²) in [6.07, 6.45) is 0.333. The molecule has 2 heterocycles. The van der Waals surface area contributed by atoms with E-state index in [4.69, 9.17) is 18.8 Å². The Labute approximate surface area is 137 Å². The molecule has 0 bridgehead atoms. The molecule has 3 rings (SSSR count). The summed E-state index contributed by atoms with van der Waals surface area (Å²) in [5, 5.41) is 0. The van der Waals surface area contributed by atoms with Gasteiger partial charge in [-0.2, -0.15) is 0 Å². The van der Waals surface area contributed by atoms with Gasteiger partial charge in [-0.15, -0.1) is 0 Å². The predicted molar refractivity (Wildman–Crippen MR) is 87.0 cm³/mol. The molecule has 0 aliphatic carbocycles. The highest BCUT2D eigenvalue weighted by molar-refractivity contribution is 6.62. The average molecular weight is 318 g/mol. The maximum Gasteiger partial charge on any atom is 0.494 e. The van der Waals surface area contributed by atoms with Crippen molar-refractivity contribution in [1.82, 2.24) is 0 Å². The summed E-state index contributed by atoms with van der Waals surface area (Å²) in [6, 6.07) is 5.94. The first-order valence-corrected chi connectivity index (χ1v) is 7.92. The summed E-state index contributed by atoms with van der Waals surface area (Å²) in [5.74, 6) is 0.623. The third-order valence-corrected chi connectivity index (χ3v) is 5.08. The van der Waals surface area contributed by atoms with E-state index in [1.54, 1.807) is 0 Å². The van der Waals surface area contributed by atoms with Crippen LogP contribution in [0, 0.1) is 0 Å². The standard InChI is InChI=1S/C17H23BO5/c1-16(2)17(3,4)23-18(22-16)12-6-7-13-11(8-15(19)20-5)10-21-14(13)9-12/h6-7,9,11H,8,10H2,1-5H3. The van der Waals surface area contributed by atoms with Crippen LogP contribution < -0.4 is 10.2 Å². The van der Waals surface area contributed by atoms with E-state index >= 15 is 0 Å². The van der Waals surface area contributed by atoms with Crippen LogP contribution in [0.5, 0.6) is 5.75 Å². The lowest BCUT2D eigenvalue weighted by molar-refractivity contribution is -0.141. The number of hydrogen-bond acceptors (Lipinski definition) is 5.